The number of hydrogen-bond acceptors (Lipinski definition) is 8. The van der Waals surface area contributed by atoms with E-state index >= 15 is 0 Å². The van der Waals surface area contributed by atoms with Crippen LogP contribution < -0.4 is 10.1 Å². The van der Waals surface area contributed by atoms with E-state index in [9.17, 15) is 24.5 Å². The van der Waals surface area contributed by atoms with Gasteiger partial charge in [-0.05, 0) is 47.7 Å². The van der Waals surface area contributed by atoms with Crippen LogP contribution in [0.2, 0.25) is 0 Å². The average molecular weight is 476 g/mol. The topological polar surface area (TPSA) is 132 Å². The van der Waals surface area contributed by atoms with Crippen LogP contribution in [0.25, 0.3) is 6.08 Å². The van der Waals surface area contributed by atoms with Crippen LogP contribution in [-0.4, -0.2) is 38.4 Å². The van der Waals surface area contributed by atoms with Crippen LogP contribution in [0.4, 0.5) is 16.2 Å². The van der Waals surface area contributed by atoms with E-state index in [0.29, 0.717) is 17.0 Å². The van der Waals surface area contributed by atoms with Crippen LogP contribution in [0.1, 0.15) is 5.56 Å². The summed E-state index contributed by atoms with van der Waals surface area (Å²) >= 11 is 0.758. The van der Waals surface area contributed by atoms with Gasteiger partial charge in [0.15, 0.2) is 0 Å². The molecular formula is C23H16N4O6S. The number of aromatic nitrogens is 1. The summed E-state index contributed by atoms with van der Waals surface area (Å²) in [6.45, 7) is -0.383. The van der Waals surface area contributed by atoms with E-state index in [0.717, 1.165) is 22.9 Å². The Morgan fingerprint density at radius 1 is 1.09 bits per heavy atom. The summed E-state index contributed by atoms with van der Waals surface area (Å²) in [5.74, 6) is -0.401. The fourth-order valence-corrected chi connectivity index (χ4v) is 3.79. The number of nitro groups is 1. The molecule has 1 fully saturated rings. The molecule has 0 spiro atoms. The Bertz CT molecular complexity index is 1280. The molecular weight excluding hydrogens is 460 g/mol. The first-order valence-electron chi connectivity index (χ1n) is 9.88. The number of amides is 3. The molecule has 3 amide bonds. The summed E-state index contributed by atoms with van der Waals surface area (Å²) in [5.41, 5.74) is 1.07. The summed E-state index contributed by atoms with van der Waals surface area (Å²) in [7, 11) is 0. The Kier molecular flexibility index (Phi) is 6.64. The van der Waals surface area contributed by atoms with Gasteiger partial charge in [-0.2, -0.15) is 0 Å². The van der Waals surface area contributed by atoms with Crippen LogP contribution in [0, 0.1) is 10.1 Å². The van der Waals surface area contributed by atoms with Gasteiger partial charge in [0.05, 0.1) is 9.83 Å². The van der Waals surface area contributed by atoms with Crippen molar-refractivity contribution in [3.05, 3.63) is 93.5 Å². The predicted octanol–water partition coefficient (Wildman–Crippen LogP) is 4.46. The van der Waals surface area contributed by atoms with Crippen molar-refractivity contribution in [3.8, 4) is 11.6 Å². The summed E-state index contributed by atoms with van der Waals surface area (Å²) in [4.78, 5) is 52.3. The molecule has 170 valence electrons. The first-order chi connectivity index (χ1) is 16.4. The van der Waals surface area contributed by atoms with Crippen molar-refractivity contribution in [1.82, 2.24) is 9.88 Å². The predicted molar refractivity (Wildman–Crippen MR) is 125 cm³/mol. The van der Waals surface area contributed by atoms with Gasteiger partial charge >= 0.3 is 0 Å². The molecule has 1 aromatic heterocycles. The normalized spacial score (nSPS) is 14.4. The number of ether oxygens (including phenoxy) is 1. The van der Waals surface area contributed by atoms with Gasteiger partial charge in [0.1, 0.15) is 18.5 Å². The maximum atomic E-state index is 12.6. The Labute approximate surface area is 197 Å². The molecule has 3 aromatic rings. The highest BCUT2D eigenvalue weighted by Crippen LogP contribution is 2.32. The maximum absolute atomic E-state index is 12.6. The lowest BCUT2D eigenvalue weighted by atomic mass is 10.2. The molecule has 2 heterocycles. The summed E-state index contributed by atoms with van der Waals surface area (Å²) in [6, 6.07) is 18.0. The minimum Gasteiger partial charge on any atom is -0.439 e. The van der Waals surface area contributed by atoms with E-state index in [4.69, 9.17) is 4.74 Å². The molecule has 2 aromatic carbocycles. The standard InChI is InChI=1S/C23H16N4O6S/c28-20(25-16-4-2-1-3-5-16)14-26-22(29)19(34-23(26)30)12-15-6-9-18(10-7-15)33-21-11-8-17(13-24-21)27(31)32/h1-13H,14H2,(H,25,28)/b19-12-. The lowest BCUT2D eigenvalue weighted by Gasteiger charge is -2.12. The van der Waals surface area contributed by atoms with Gasteiger partial charge in [0.2, 0.25) is 11.8 Å². The average Bonchev–Trinajstić information content (AvgIpc) is 3.08. The van der Waals surface area contributed by atoms with E-state index in [2.05, 4.69) is 10.3 Å². The molecule has 34 heavy (non-hydrogen) atoms. The lowest BCUT2D eigenvalue weighted by molar-refractivity contribution is -0.385. The van der Waals surface area contributed by atoms with Gasteiger partial charge in [-0.15, -0.1) is 0 Å². The molecule has 0 unspecified atom stereocenters. The number of anilines is 1. The summed E-state index contributed by atoms with van der Waals surface area (Å²) in [6.07, 6.45) is 2.65. The van der Waals surface area contributed by atoms with Crippen LogP contribution in [0.3, 0.4) is 0 Å². The number of nitrogens with zero attached hydrogens (tertiary/aromatic N) is 3. The van der Waals surface area contributed by atoms with Crippen LogP contribution in [0.5, 0.6) is 11.6 Å². The number of thioether (sulfide) groups is 1. The second-order valence-corrected chi connectivity index (χ2v) is 7.96. The molecule has 0 atom stereocenters. The smallest absolute Gasteiger partial charge is 0.294 e. The summed E-state index contributed by atoms with van der Waals surface area (Å²) < 4.78 is 5.55. The monoisotopic (exact) mass is 476 g/mol. The van der Waals surface area contributed by atoms with Crippen molar-refractivity contribution >= 4 is 46.3 Å². The first kappa shape index (κ1) is 22.7. The van der Waals surface area contributed by atoms with E-state index in [-0.39, 0.29) is 23.0 Å². The second kappa shape index (κ2) is 9.96. The third kappa shape index (κ3) is 5.45. The fourth-order valence-electron chi connectivity index (χ4n) is 2.95. The Balaban J connectivity index is 1.38. The number of para-hydroxylation sites is 1. The quantitative estimate of drug-likeness (QED) is 0.300. The van der Waals surface area contributed by atoms with E-state index in [1.165, 1.54) is 12.1 Å². The van der Waals surface area contributed by atoms with E-state index in [1.54, 1.807) is 54.6 Å². The minimum absolute atomic E-state index is 0.144. The van der Waals surface area contributed by atoms with Gasteiger partial charge in [-0.1, -0.05) is 30.3 Å². The number of carbonyl (C=O) groups is 3. The van der Waals surface area contributed by atoms with E-state index in [1.807, 2.05) is 6.07 Å². The zero-order valence-electron chi connectivity index (χ0n) is 17.4. The second-order valence-electron chi connectivity index (χ2n) is 6.96. The molecule has 0 radical (unpaired) electrons. The molecule has 1 aliphatic rings. The van der Waals surface area contributed by atoms with Gasteiger partial charge in [-0.25, -0.2) is 4.98 Å². The Hall–Kier alpha value is -4.51. The Morgan fingerprint density at radius 2 is 1.82 bits per heavy atom. The van der Waals surface area contributed by atoms with Crippen molar-refractivity contribution in [2.75, 3.05) is 11.9 Å². The number of imide groups is 1. The van der Waals surface area contributed by atoms with Crippen LogP contribution >= 0.6 is 11.8 Å². The molecule has 0 saturated carbocycles. The highest BCUT2D eigenvalue weighted by molar-refractivity contribution is 8.18. The summed E-state index contributed by atoms with van der Waals surface area (Å²) in [5, 5.41) is 12.8. The zero-order valence-corrected chi connectivity index (χ0v) is 18.2. The highest BCUT2D eigenvalue weighted by atomic mass is 32.2. The van der Waals surface area contributed by atoms with Gasteiger partial charge in [-0.3, -0.25) is 29.4 Å². The molecule has 11 heteroatoms. The highest BCUT2D eigenvalue weighted by Gasteiger charge is 2.36. The molecule has 10 nitrogen and oxygen atoms in total. The Morgan fingerprint density at radius 3 is 2.47 bits per heavy atom. The molecule has 1 saturated heterocycles. The number of nitrogens with one attached hydrogen (secondary N) is 1. The fraction of sp³-hybridized carbons (Fsp3) is 0.0435. The lowest BCUT2D eigenvalue weighted by Crippen LogP contribution is -2.36. The van der Waals surface area contributed by atoms with E-state index < -0.39 is 22.0 Å². The van der Waals surface area contributed by atoms with Crippen molar-refractivity contribution in [3.63, 3.8) is 0 Å². The number of carbonyl (C=O) groups excluding carboxylic acids is 3. The van der Waals surface area contributed by atoms with Gasteiger partial charge in [0.25, 0.3) is 16.8 Å². The van der Waals surface area contributed by atoms with Crippen molar-refractivity contribution in [2.45, 2.75) is 0 Å². The zero-order chi connectivity index (χ0) is 24.1. The molecule has 4 rings (SSSR count). The van der Waals surface area contributed by atoms with Crippen LogP contribution in [-0.2, 0) is 9.59 Å². The molecule has 1 aliphatic heterocycles. The SMILES string of the molecule is O=C(CN1C(=O)S/C(=C\c2ccc(Oc3ccc([N+](=O)[O-])cn3)cc2)C1=O)Nc1ccccc1. The van der Waals surface area contributed by atoms with Gasteiger partial charge in [0, 0.05) is 17.8 Å². The minimum atomic E-state index is -0.553. The van der Waals surface area contributed by atoms with Crippen LogP contribution in [0.15, 0.2) is 77.8 Å². The van der Waals surface area contributed by atoms with Crippen molar-refractivity contribution in [1.29, 1.82) is 0 Å². The largest absolute Gasteiger partial charge is 0.439 e. The van der Waals surface area contributed by atoms with Crippen molar-refractivity contribution < 1.29 is 24.0 Å². The molecule has 1 N–H and O–H groups in total. The molecule has 0 bridgehead atoms. The third-order valence-electron chi connectivity index (χ3n) is 4.56. The first-order valence-corrected chi connectivity index (χ1v) is 10.7. The third-order valence-corrected chi connectivity index (χ3v) is 5.47. The van der Waals surface area contributed by atoms with Crippen molar-refractivity contribution in [2.24, 2.45) is 0 Å². The number of pyridine rings is 1. The number of benzene rings is 2. The number of hydrogen-bond donors (Lipinski definition) is 1. The number of rotatable bonds is 7. The maximum Gasteiger partial charge on any atom is 0.294 e. The molecule has 0 aliphatic carbocycles. The van der Waals surface area contributed by atoms with Gasteiger partial charge < -0.3 is 10.1 Å².